The number of thiocarbonyl (C=S) groups is 1. The number of methoxy groups -OCH3 is 1. The molecule has 2 fully saturated rings. The number of fused-ring (bicyclic) bond motifs is 3. The van der Waals surface area contributed by atoms with Crippen LogP contribution < -0.4 is 9.64 Å². The van der Waals surface area contributed by atoms with Crippen LogP contribution in [0.3, 0.4) is 0 Å². The molecule has 3 aliphatic heterocycles. The van der Waals surface area contributed by atoms with Gasteiger partial charge in [0.05, 0.1) is 7.11 Å². The van der Waals surface area contributed by atoms with Crippen LogP contribution in [-0.2, 0) is 15.1 Å². The van der Waals surface area contributed by atoms with E-state index in [9.17, 15) is 9.59 Å². The number of anilines is 1. The minimum Gasteiger partial charge on any atom is -0.497 e. The zero-order valence-electron chi connectivity index (χ0n) is 18.6. The van der Waals surface area contributed by atoms with Gasteiger partial charge in [0, 0.05) is 49.7 Å². The van der Waals surface area contributed by atoms with Gasteiger partial charge in [0.1, 0.15) is 14.8 Å². The SMILES string of the molecule is C=CCN1C(=O)C2(SC1=S)C(c1ccncc1)CN(C)C21C(=O)N(C)c2ccc(OC)cc21. The third-order valence-corrected chi connectivity index (χ3v) is 9.02. The van der Waals surface area contributed by atoms with Gasteiger partial charge in [-0.05, 0) is 42.9 Å². The number of hydrogen-bond acceptors (Lipinski definition) is 7. The summed E-state index contributed by atoms with van der Waals surface area (Å²) in [4.78, 5) is 38.0. The van der Waals surface area contributed by atoms with Gasteiger partial charge in [0.25, 0.3) is 5.91 Å². The number of rotatable bonds is 4. The van der Waals surface area contributed by atoms with Gasteiger partial charge < -0.3 is 9.64 Å². The van der Waals surface area contributed by atoms with Crippen molar-refractivity contribution in [1.82, 2.24) is 14.8 Å². The van der Waals surface area contributed by atoms with Gasteiger partial charge >= 0.3 is 0 Å². The summed E-state index contributed by atoms with van der Waals surface area (Å²) in [5, 5.41) is 0. The molecule has 0 bridgehead atoms. The first-order valence-electron chi connectivity index (χ1n) is 10.6. The molecular formula is C24H24N4O3S2. The second kappa shape index (κ2) is 7.65. The Labute approximate surface area is 202 Å². The first-order valence-corrected chi connectivity index (χ1v) is 11.8. The van der Waals surface area contributed by atoms with Crippen molar-refractivity contribution in [3.05, 3.63) is 66.5 Å². The Morgan fingerprint density at radius 3 is 2.64 bits per heavy atom. The van der Waals surface area contributed by atoms with Crippen molar-refractivity contribution in [3.63, 3.8) is 0 Å². The summed E-state index contributed by atoms with van der Waals surface area (Å²) in [6.07, 6.45) is 5.10. The zero-order chi connectivity index (χ0) is 23.5. The lowest BCUT2D eigenvalue weighted by molar-refractivity contribution is -0.138. The molecule has 2 spiro atoms. The van der Waals surface area contributed by atoms with E-state index < -0.39 is 10.3 Å². The minimum atomic E-state index is -1.25. The van der Waals surface area contributed by atoms with Crippen LogP contribution in [0.15, 0.2) is 55.4 Å². The van der Waals surface area contributed by atoms with Crippen molar-refractivity contribution in [2.24, 2.45) is 0 Å². The molecule has 3 unspecified atom stereocenters. The molecule has 2 amide bonds. The smallest absolute Gasteiger partial charge is 0.254 e. The van der Waals surface area contributed by atoms with Crippen molar-refractivity contribution >= 4 is 45.8 Å². The second-order valence-corrected chi connectivity index (χ2v) is 10.4. The number of benzene rings is 1. The number of carbonyl (C=O) groups excluding carboxylic acids is 2. The Kier molecular flexibility index (Phi) is 5.11. The van der Waals surface area contributed by atoms with Gasteiger partial charge in [-0.15, -0.1) is 6.58 Å². The lowest BCUT2D eigenvalue weighted by Gasteiger charge is -2.42. The summed E-state index contributed by atoms with van der Waals surface area (Å²) >= 11 is 7.03. The van der Waals surface area contributed by atoms with Crippen LogP contribution in [-0.4, -0.2) is 70.0 Å². The number of hydrogen-bond donors (Lipinski definition) is 0. The zero-order valence-corrected chi connectivity index (χ0v) is 20.3. The third kappa shape index (κ3) is 2.61. The molecule has 5 rings (SSSR count). The maximum atomic E-state index is 14.4. The highest BCUT2D eigenvalue weighted by atomic mass is 32.2. The van der Waals surface area contributed by atoms with E-state index in [0.717, 1.165) is 16.8 Å². The molecule has 3 atom stereocenters. The average Bonchev–Trinajstić information content (AvgIpc) is 3.33. The molecule has 1 aromatic carbocycles. The topological polar surface area (TPSA) is 66.0 Å². The van der Waals surface area contributed by atoms with E-state index in [1.54, 1.807) is 42.4 Å². The Hall–Kier alpha value is -2.75. The predicted octanol–water partition coefficient (Wildman–Crippen LogP) is 2.78. The lowest BCUT2D eigenvalue weighted by Crippen LogP contribution is -2.62. The van der Waals surface area contributed by atoms with Crippen LogP contribution in [0.4, 0.5) is 5.69 Å². The van der Waals surface area contributed by atoms with Crippen molar-refractivity contribution in [3.8, 4) is 5.75 Å². The van der Waals surface area contributed by atoms with Crippen molar-refractivity contribution < 1.29 is 14.3 Å². The van der Waals surface area contributed by atoms with E-state index in [2.05, 4.69) is 11.6 Å². The number of pyridine rings is 1. The fourth-order valence-electron chi connectivity index (χ4n) is 5.69. The summed E-state index contributed by atoms with van der Waals surface area (Å²) < 4.78 is 4.79. The van der Waals surface area contributed by atoms with Crippen LogP contribution in [0.1, 0.15) is 17.0 Å². The van der Waals surface area contributed by atoms with Crippen LogP contribution in [0.2, 0.25) is 0 Å². The Bertz CT molecular complexity index is 1190. The molecule has 4 heterocycles. The average molecular weight is 481 g/mol. The van der Waals surface area contributed by atoms with Gasteiger partial charge in [0.2, 0.25) is 5.91 Å². The van der Waals surface area contributed by atoms with Gasteiger partial charge in [-0.2, -0.15) is 0 Å². The molecule has 2 saturated heterocycles. The monoisotopic (exact) mass is 480 g/mol. The minimum absolute atomic E-state index is 0.145. The molecule has 9 heteroatoms. The second-order valence-electron chi connectivity index (χ2n) is 8.48. The molecule has 2 aromatic rings. The quantitative estimate of drug-likeness (QED) is 0.493. The maximum absolute atomic E-state index is 14.4. The molecule has 33 heavy (non-hydrogen) atoms. The fraction of sp³-hybridized carbons (Fsp3) is 0.333. The summed E-state index contributed by atoms with van der Waals surface area (Å²) in [5.74, 6) is 0.0354. The van der Waals surface area contributed by atoms with Gasteiger partial charge in [-0.1, -0.05) is 30.1 Å². The molecule has 3 aliphatic rings. The number of likely N-dealkylation sites (tertiary alicyclic amines) is 1. The highest BCUT2D eigenvalue weighted by Gasteiger charge is 2.78. The summed E-state index contributed by atoms with van der Waals surface area (Å²) in [6.45, 7) is 4.60. The Morgan fingerprint density at radius 2 is 1.97 bits per heavy atom. The molecule has 7 nitrogen and oxygen atoms in total. The highest BCUT2D eigenvalue weighted by molar-refractivity contribution is 8.25. The first kappa shape index (κ1) is 22.1. The molecule has 0 saturated carbocycles. The number of carbonyl (C=O) groups is 2. The maximum Gasteiger partial charge on any atom is 0.254 e. The highest BCUT2D eigenvalue weighted by Crippen LogP contribution is 2.66. The van der Waals surface area contributed by atoms with Crippen LogP contribution in [0.25, 0.3) is 0 Å². The molecule has 0 radical (unpaired) electrons. The standard InChI is InChI=1S/C24H24N4O3S2/c1-5-12-28-21(30)24(33-22(28)32)18(15-8-10-25-11-9-15)14-26(2)23(24)17-13-16(31-4)6-7-19(17)27(3)20(23)29/h5-11,13,18H,1,12,14H2,2-4H3. The summed E-state index contributed by atoms with van der Waals surface area (Å²) in [5.41, 5.74) is 1.23. The number of aromatic nitrogens is 1. The van der Waals surface area contributed by atoms with E-state index in [1.165, 1.54) is 11.8 Å². The Balaban J connectivity index is 1.84. The van der Waals surface area contributed by atoms with Crippen LogP contribution in [0.5, 0.6) is 5.75 Å². The van der Waals surface area contributed by atoms with Gasteiger partial charge in [-0.25, -0.2) is 0 Å². The molecule has 1 aromatic heterocycles. The van der Waals surface area contributed by atoms with Crippen molar-refractivity contribution in [2.45, 2.75) is 16.2 Å². The van der Waals surface area contributed by atoms with E-state index in [0.29, 0.717) is 23.2 Å². The molecule has 0 aliphatic carbocycles. The van der Waals surface area contributed by atoms with Gasteiger partial charge in [0.15, 0.2) is 5.54 Å². The molecule has 0 N–H and O–H groups in total. The summed E-state index contributed by atoms with van der Waals surface area (Å²) in [6, 6.07) is 9.44. The first-order chi connectivity index (χ1) is 15.8. The number of likely N-dealkylation sites (N-methyl/N-ethyl adjacent to an activating group) is 2. The van der Waals surface area contributed by atoms with E-state index >= 15 is 0 Å². The Morgan fingerprint density at radius 1 is 1.24 bits per heavy atom. The van der Waals surface area contributed by atoms with Gasteiger partial charge in [-0.3, -0.25) is 24.4 Å². The number of nitrogens with zero attached hydrogens (tertiary/aromatic N) is 4. The van der Waals surface area contributed by atoms with Crippen molar-refractivity contribution in [2.75, 3.05) is 39.2 Å². The van der Waals surface area contributed by atoms with Crippen LogP contribution >= 0.6 is 24.0 Å². The van der Waals surface area contributed by atoms with E-state index in [4.69, 9.17) is 17.0 Å². The molecular weight excluding hydrogens is 456 g/mol. The van der Waals surface area contributed by atoms with E-state index in [-0.39, 0.29) is 17.7 Å². The normalized spacial score (nSPS) is 28.9. The summed E-state index contributed by atoms with van der Waals surface area (Å²) in [7, 11) is 5.27. The predicted molar refractivity (Wildman–Crippen MR) is 133 cm³/mol. The lowest BCUT2D eigenvalue weighted by atomic mass is 9.72. The third-order valence-electron chi connectivity index (χ3n) is 7.08. The molecule has 170 valence electrons. The van der Waals surface area contributed by atoms with Crippen molar-refractivity contribution in [1.29, 1.82) is 0 Å². The fourth-order valence-corrected chi connectivity index (χ4v) is 7.83. The largest absolute Gasteiger partial charge is 0.497 e. The number of ether oxygens (including phenoxy) is 1. The number of thioether (sulfide) groups is 1. The van der Waals surface area contributed by atoms with E-state index in [1.807, 2.05) is 42.3 Å². The van der Waals surface area contributed by atoms with Crippen LogP contribution in [0, 0.1) is 0 Å². The number of amides is 2.